The number of aryl methyl sites for hydroxylation is 1. The molecule has 1 fully saturated rings. The summed E-state index contributed by atoms with van der Waals surface area (Å²) in [7, 11) is 0. The number of carbonyl (C=O) groups is 1. The molecule has 1 saturated heterocycles. The molecule has 17 heavy (non-hydrogen) atoms. The maximum Gasteiger partial charge on any atom is 0.163 e. The van der Waals surface area contributed by atoms with Gasteiger partial charge >= 0.3 is 0 Å². The van der Waals surface area contributed by atoms with E-state index in [1.165, 1.54) is 24.3 Å². The van der Waals surface area contributed by atoms with Crippen molar-refractivity contribution in [3.05, 3.63) is 34.3 Å². The summed E-state index contributed by atoms with van der Waals surface area (Å²) in [5, 5.41) is 0.702. The molecule has 0 N–H and O–H groups in total. The van der Waals surface area contributed by atoms with E-state index in [1.54, 1.807) is 6.07 Å². The molecule has 0 bridgehead atoms. The number of hydrogen-bond donors (Lipinski definition) is 0. The van der Waals surface area contributed by atoms with Crippen molar-refractivity contribution < 1.29 is 4.79 Å². The van der Waals surface area contributed by atoms with Crippen LogP contribution in [0.25, 0.3) is 0 Å². The first-order valence-corrected chi connectivity index (χ1v) is 7.57. The molecule has 0 spiro atoms. The molecule has 0 radical (unpaired) electrons. The Bertz CT molecular complexity index is 411. The first-order valence-electron chi connectivity index (χ1n) is 6.04. The molecule has 0 aromatic heterocycles. The van der Waals surface area contributed by atoms with Gasteiger partial charge in [0, 0.05) is 17.0 Å². The third-order valence-corrected chi connectivity index (χ3v) is 4.59. The highest BCUT2D eigenvalue weighted by molar-refractivity contribution is 7.99. The number of carbonyl (C=O) groups excluding carboxylic acids is 1. The van der Waals surface area contributed by atoms with E-state index < -0.39 is 0 Å². The monoisotopic (exact) mass is 268 g/mol. The second-order valence-corrected chi connectivity index (χ2v) is 6.30. The topological polar surface area (TPSA) is 17.1 Å². The Balaban J connectivity index is 2.03. The van der Waals surface area contributed by atoms with Gasteiger partial charge in [-0.3, -0.25) is 4.79 Å². The molecule has 1 heterocycles. The van der Waals surface area contributed by atoms with E-state index in [2.05, 4.69) is 0 Å². The van der Waals surface area contributed by atoms with Gasteiger partial charge in [0.25, 0.3) is 0 Å². The predicted molar refractivity (Wildman–Crippen MR) is 75.2 cm³/mol. The molecular weight excluding hydrogens is 252 g/mol. The van der Waals surface area contributed by atoms with Gasteiger partial charge in [-0.15, -0.1) is 0 Å². The molecule has 2 rings (SSSR count). The van der Waals surface area contributed by atoms with E-state index in [1.807, 2.05) is 30.8 Å². The van der Waals surface area contributed by atoms with Gasteiger partial charge in [-0.25, -0.2) is 0 Å². The number of benzene rings is 1. The number of halogens is 1. The van der Waals surface area contributed by atoms with Crippen LogP contribution in [0, 0.1) is 12.8 Å². The fourth-order valence-electron chi connectivity index (χ4n) is 2.26. The Kier molecular flexibility index (Phi) is 4.52. The van der Waals surface area contributed by atoms with Crippen molar-refractivity contribution in [3.63, 3.8) is 0 Å². The fraction of sp³-hybridized carbons (Fsp3) is 0.500. The van der Waals surface area contributed by atoms with E-state index in [0.29, 0.717) is 17.4 Å². The summed E-state index contributed by atoms with van der Waals surface area (Å²) in [5.41, 5.74) is 1.83. The van der Waals surface area contributed by atoms with Crippen molar-refractivity contribution in [2.24, 2.45) is 5.92 Å². The third kappa shape index (κ3) is 3.49. The van der Waals surface area contributed by atoms with Gasteiger partial charge in [-0.05, 0) is 61.0 Å². The highest BCUT2D eigenvalue weighted by Crippen LogP contribution is 2.27. The molecule has 1 aliphatic heterocycles. The van der Waals surface area contributed by atoms with Gasteiger partial charge < -0.3 is 0 Å². The van der Waals surface area contributed by atoms with Crippen LogP contribution < -0.4 is 0 Å². The minimum Gasteiger partial charge on any atom is -0.294 e. The summed E-state index contributed by atoms with van der Waals surface area (Å²) in [6.45, 7) is 1.95. The first-order chi connectivity index (χ1) is 8.16. The van der Waals surface area contributed by atoms with Gasteiger partial charge in [0.05, 0.1) is 0 Å². The lowest BCUT2D eigenvalue weighted by molar-refractivity contribution is 0.0958. The van der Waals surface area contributed by atoms with Crippen molar-refractivity contribution >= 4 is 29.1 Å². The van der Waals surface area contributed by atoms with Gasteiger partial charge in [-0.2, -0.15) is 11.8 Å². The molecule has 1 aliphatic rings. The lowest BCUT2D eigenvalue weighted by atomic mass is 9.92. The summed E-state index contributed by atoms with van der Waals surface area (Å²) >= 11 is 7.90. The van der Waals surface area contributed by atoms with Crippen LogP contribution in [0.5, 0.6) is 0 Å². The molecule has 1 nitrogen and oxygen atoms in total. The highest BCUT2D eigenvalue weighted by atomic mass is 35.5. The molecule has 1 aromatic rings. The number of thioether (sulfide) groups is 1. The maximum absolute atomic E-state index is 12.2. The lowest BCUT2D eigenvalue weighted by Crippen LogP contribution is -2.15. The second kappa shape index (κ2) is 5.92. The summed E-state index contributed by atoms with van der Waals surface area (Å²) in [6, 6.07) is 5.53. The normalized spacial score (nSPS) is 17.1. The van der Waals surface area contributed by atoms with E-state index in [0.717, 1.165) is 11.1 Å². The van der Waals surface area contributed by atoms with E-state index in [4.69, 9.17) is 11.6 Å². The molecule has 0 atom stereocenters. The molecular formula is C14H17ClOS. The minimum atomic E-state index is 0.274. The minimum absolute atomic E-state index is 0.274. The Hall–Kier alpha value is -0.470. The second-order valence-electron chi connectivity index (χ2n) is 4.64. The van der Waals surface area contributed by atoms with Crippen molar-refractivity contribution in [2.45, 2.75) is 26.2 Å². The van der Waals surface area contributed by atoms with E-state index >= 15 is 0 Å². The molecule has 92 valence electrons. The fourth-order valence-corrected chi connectivity index (χ4v) is 3.69. The Labute approximate surface area is 112 Å². The van der Waals surface area contributed by atoms with Crippen molar-refractivity contribution in [2.75, 3.05) is 11.5 Å². The van der Waals surface area contributed by atoms with Crippen LogP contribution in [-0.2, 0) is 0 Å². The summed E-state index contributed by atoms with van der Waals surface area (Å²) in [4.78, 5) is 12.2. The van der Waals surface area contributed by atoms with Gasteiger partial charge in [0.2, 0.25) is 0 Å². The van der Waals surface area contributed by atoms with Crippen LogP contribution in [0.3, 0.4) is 0 Å². The van der Waals surface area contributed by atoms with Crippen molar-refractivity contribution in [3.8, 4) is 0 Å². The number of rotatable bonds is 3. The highest BCUT2D eigenvalue weighted by Gasteiger charge is 2.19. The van der Waals surface area contributed by atoms with E-state index in [-0.39, 0.29) is 5.78 Å². The van der Waals surface area contributed by atoms with Crippen molar-refractivity contribution in [1.29, 1.82) is 0 Å². The zero-order valence-electron chi connectivity index (χ0n) is 10.0. The van der Waals surface area contributed by atoms with Crippen LogP contribution in [0.15, 0.2) is 18.2 Å². The van der Waals surface area contributed by atoms with E-state index in [9.17, 15) is 4.79 Å². The van der Waals surface area contributed by atoms with Crippen molar-refractivity contribution in [1.82, 2.24) is 0 Å². The first kappa shape index (κ1) is 13.0. The lowest BCUT2D eigenvalue weighted by Gasteiger charge is -2.20. The SMILES string of the molecule is Cc1cc(Cl)ccc1C(=O)CC1CCSCC1. The average molecular weight is 269 g/mol. The van der Waals surface area contributed by atoms with Gasteiger partial charge in [0.1, 0.15) is 0 Å². The molecule has 1 aromatic carbocycles. The quantitative estimate of drug-likeness (QED) is 0.758. The summed E-state index contributed by atoms with van der Waals surface area (Å²) in [6.07, 6.45) is 3.06. The zero-order chi connectivity index (χ0) is 12.3. The maximum atomic E-state index is 12.2. The van der Waals surface area contributed by atoms with Gasteiger partial charge in [0.15, 0.2) is 5.78 Å². The molecule has 0 unspecified atom stereocenters. The Morgan fingerprint density at radius 2 is 2.12 bits per heavy atom. The van der Waals surface area contributed by atoms with Crippen LogP contribution in [0.4, 0.5) is 0 Å². The van der Waals surface area contributed by atoms with Crippen LogP contribution in [0.1, 0.15) is 35.2 Å². The van der Waals surface area contributed by atoms with Gasteiger partial charge in [-0.1, -0.05) is 11.6 Å². The molecule has 3 heteroatoms. The number of hydrogen-bond acceptors (Lipinski definition) is 2. The zero-order valence-corrected chi connectivity index (χ0v) is 11.6. The Morgan fingerprint density at radius 1 is 1.41 bits per heavy atom. The summed E-state index contributed by atoms with van der Waals surface area (Å²) < 4.78 is 0. The third-order valence-electron chi connectivity index (χ3n) is 3.30. The van der Waals surface area contributed by atoms with Crippen LogP contribution in [-0.4, -0.2) is 17.3 Å². The predicted octanol–water partition coefficient (Wildman–Crippen LogP) is 4.36. The standard InChI is InChI=1S/C14H17ClOS/c1-10-8-12(15)2-3-13(10)14(16)9-11-4-6-17-7-5-11/h2-3,8,11H,4-7,9H2,1H3. The summed E-state index contributed by atoms with van der Waals surface area (Å²) in [5.74, 6) is 3.27. The Morgan fingerprint density at radius 3 is 2.76 bits per heavy atom. The molecule has 0 amide bonds. The smallest absolute Gasteiger partial charge is 0.163 e. The number of ketones is 1. The largest absolute Gasteiger partial charge is 0.294 e. The number of Topliss-reactive ketones (excluding diaryl/α,β-unsaturated/α-hetero) is 1. The molecule has 0 aliphatic carbocycles. The van der Waals surface area contributed by atoms with Crippen LogP contribution in [0.2, 0.25) is 5.02 Å². The average Bonchev–Trinajstić information content (AvgIpc) is 2.30. The molecule has 0 saturated carbocycles. The van der Waals surface area contributed by atoms with Crippen LogP contribution >= 0.6 is 23.4 Å².